The molecule has 28 heavy (non-hydrogen) atoms. The SMILES string of the molecule is CC(C)N1[C@H]2CCNc3ccccc3CN(C(=O)CCC(F)(F)F)C[C@@H]1CC2. The highest BCUT2D eigenvalue weighted by Gasteiger charge is 2.37. The molecule has 0 aliphatic carbocycles. The number of alkyl halides is 3. The molecule has 156 valence electrons. The quantitative estimate of drug-likeness (QED) is 0.820. The summed E-state index contributed by atoms with van der Waals surface area (Å²) in [4.78, 5) is 16.8. The summed E-state index contributed by atoms with van der Waals surface area (Å²) < 4.78 is 38.0. The van der Waals surface area contributed by atoms with Gasteiger partial charge in [-0.2, -0.15) is 13.2 Å². The van der Waals surface area contributed by atoms with Crippen LogP contribution in [0.3, 0.4) is 0 Å². The van der Waals surface area contributed by atoms with Crippen LogP contribution in [0.15, 0.2) is 24.3 Å². The van der Waals surface area contributed by atoms with Gasteiger partial charge in [-0.3, -0.25) is 9.69 Å². The van der Waals surface area contributed by atoms with E-state index < -0.39 is 24.9 Å². The molecule has 2 aliphatic rings. The van der Waals surface area contributed by atoms with Gasteiger partial charge in [0.25, 0.3) is 0 Å². The summed E-state index contributed by atoms with van der Waals surface area (Å²) in [5.41, 5.74) is 1.92. The van der Waals surface area contributed by atoms with Gasteiger partial charge in [0.2, 0.25) is 5.91 Å². The minimum atomic E-state index is -4.31. The number of anilines is 1. The van der Waals surface area contributed by atoms with Crippen LogP contribution in [0.25, 0.3) is 0 Å². The number of nitrogens with one attached hydrogen (secondary N) is 1. The van der Waals surface area contributed by atoms with Crippen molar-refractivity contribution in [1.82, 2.24) is 9.80 Å². The highest BCUT2D eigenvalue weighted by Crippen LogP contribution is 2.31. The number of fused-ring (bicyclic) bond motifs is 3. The molecule has 2 bridgehead atoms. The van der Waals surface area contributed by atoms with Crippen molar-refractivity contribution in [3.05, 3.63) is 29.8 Å². The first kappa shape index (κ1) is 21.0. The van der Waals surface area contributed by atoms with Crippen LogP contribution in [0.2, 0.25) is 0 Å². The number of nitrogens with zero attached hydrogens (tertiary/aromatic N) is 2. The maximum Gasteiger partial charge on any atom is 0.389 e. The van der Waals surface area contributed by atoms with Crippen molar-refractivity contribution in [3.8, 4) is 0 Å². The Kier molecular flexibility index (Phi) is 6.53. The van der Waals surface area contributed by atoms with Crippen LogP contribution >= 0.6 is 0 Å². The van der Waals surface area contributed by atoms with E-state index in [9.17, 15) is 18.0 Å². The third kappa shape index (κ3) is 5.19. The van der Waals surface area contributed by atoms with Crippen LogP contribution in [0.4, 0.5) is 18.9 Å². The molecule has 2 atom stereocenters. The Balaban J connectivity index is 1.86. The summed E-state index contributed by atoms with van der Waals surface area (Å²) in [6.45, 7) is 5.98. The summed E-state index contributed by atoms with van der Waals surface area (Å²) in [6, 6.07) is 8.75. The van der Waals surface area contributed by atoms with Crippen molar-refractivity contribution < 1.29 is 18.0 Å². The van der Waals surface area contributed by atoms with E-state index in [0.29, 0.717) is 25.2 Å². The van der Waals surface area contributed by atoms with Crippen LogP contribution in [-0.2, 0) is 11.3 Å². The molecule has 2 aliphatic heterocycles. The van der Waals surface area contributed by atoms with Crippen molar-refractivity contribution >= 4 is 11.6 Å². The van der Waals surface area contributed by atoms with Crippen molar-refractivity contribution in [2.24, 2.45) is 0 Å². The van der Waals surface area contributed by atoms with Crippen LogP contribution in [0.1, 0.15) is 51.5 Å². The highest BCUT2D eigenvalue weighted by atomic mass is 19.4. The maximum absolute atomic E-state index is 12.7. The molecule has 1 fully saturated rings. The van der Waals surface area contributed by atoms with Gasteiger partial charge in [0.05, 0.1) is 6.42 Å². The summed E-state index contributed by atoms with van der Waals surface area (Å²) in [7, 11) is 0. The Hall–Kier alpha value is -1.76. The second kappa shape index (κ2) is 8.72. The Labute approximate surface area is 165 Å². The molecule has 0 unspecified atom stereocenters. The number of hydrogen-bond acceptors (Lipinski definition) is 3. The van der Waals surface area contributed by atoms with Crippen molar-refractivity contribution in [1.29, 1.82) is 0 Å². The summed E-state index contributed by atoms with van der Waals surface area (Å²) in [5, 5.41) is 3.47. The maximum atomic E-state index is 12.7. The molecule has 3 rings (SSSR count). The lowest BCUT2D eigenvalue weighted by molar-refractivity contribution is -0.150. The third-order valence-corrected chi connectivity index (χ3v) is 5.85. The fourth-order valence-corrected chi connectivity index (χ4v) is 4.63. The number of halogens is 3. The Morgan fingerprint density at radius 1 is 1.18 bits per heavy atom. The van der Waals surface area contributed by atoms with E-state index in [4.69, 9.17) is 0 Å². The van der Waals surface area contributed by atoms with Gasteiger partial charge in [0, 0.05) is 49.9 Å². The average molecular weight is 397 g/mol. The average Bonchev–Trinajstić information content (AvgIpc) is 3.00. The predicted molar refractivity (Wildman–Crippen MR) is 104 cm³/mol. The first-order valence-electron chi connectivity index (χ1n) is 10.2. The molecule has 1 aromatic carbocycles. The number of amides is 1. The largest absolute Gasteiger partial charge is 0.389 e. The van der Waals surface area contributed by atoms with Crippen LogP contribution < -0.4 is 5.32 Å². The molecule has 0 radical (unpaired) electrons. The Bertz CT molecular complexity index is 677. The molecular formula is C21H30F3N3O. The lowest BCUT2D eigenvalue weighted by atomic mass is 10.1. The van der Waals surface area contributed by atoms with Gasteiger partial charge in [-0.05, 0) is 44.7 Å². The monoisotopic (exact) mass is 397 g/mol. The molecule has 0 aromatic heterocycles. The molecule has 4 nitrogen and oxygen atoms in total. The van der Waals surface area contributed by atoms with E-state index in [2.05, 4.69) is 24.1 Å². The number of hydrogen-bond donors (Lipinski definition) is 1. The second-order valence-electron chi connectivity index (χ2n) is 8.19. The molecule has 1 amide bonds. The number of para-hydroxylation sites is 1. The number of rotatable bonds is 3. The summed E-state index contributed by atoms with van der Waals surface area (Å²) in [5.74, 6) is -0.418. The van der Waals surface area contributed by atoms with Crippen molar-refractivity contribution in [3.63, 3.8) is 0 Å². The predicted octanol–water partition coefficient (Wildman–Crippen LogP) is 4.41. The minimum Gasteiger partial charge on any atom is -0.385 e. The molecule has 1 N–H and O–H groups in total. The van der Waals surface area contributed by atoms with Crippen molar-refractivity contribution in [2.45, 2.75) is 76.8 Å². The van der Waals surface area contributed by atoms with E-state index in [1.165, 1.54) is 0 Å². The van der Waals surface area contributed by atoms with Gasteiger partial charge in [0.15, 0.2) is 0 Å². The van der Waals surface area contributed by atoms with E-state index in [-0.39, 0.29) is 6.04 Å². The van der Waals surface area contributed by atoms with Gasteiger partial charge < -0.3 is 10.2 Å². The topological polar surface area (TPSA) is 35.6 Å². The van der Waals surface area contributed by atoms with Gasteiger partial charge in [-0.15, -0.1) is 0 Å². The fourth-order valence-electron chi connectivity index (χ4n) is 4.63. The van der Waals surface area contributed by atoms with Crippen LogP contribution in [0.5, 0.6) is 0 Å². The zero-order chi connectivity index (χ0) is 20.3. The molecule has 1 saturated heterocycles. The molecule has 2 heterocycles. The zero-order valence-corrected chi connectivity index (χ0v) is 16.6. The normalized spacial score (nSPS) is 23.9. The number of benzene rings is 1. The standard InChI is InChI=1S/C21H30F3N3O/c1-15(2)27-17-7-8-18(27)14-26(20(28)9-11-21(22,23)24)13-16-5-3-4-6-19(16)25-12-10-17/h3-6,15,17-18,25H,7-14H2,1-2H3/t17-,18+/m1/s1. The van der Waals surface area contributed by atoms with E-state index in [1.54, 1.807) is 4.90 Å². The van der Waals surface area contributed by atoms with Gasteiger partial charge in [0.1, 0.15) is 0 Å². The lowest BCUT2D eigenvalue weighted by Gasteiger charge is -2.36. The second-order valence-corrected chi connectivity index (χ2v) is 8.19. The van der Waals surface area contributed by atoms with Crippen molar-refractivity contribution in [2.75, 3.05) is 18.4 Å². The smallest absolute Gasteiger partial charge is 0.385 e. The fraction of sp³-hybridized carbons (Fsp3) is 0.667. The first-order chi connectivity index (χ1) is 13.2. The van der Waals surface area contributed by atoms with E-state index in [1.807, 2.05) is 24.3 Å². The summed E-state index contributed by atoms with van der Waals surface area (Å²) >= 11 is 0. The van der Waals surface area contributed by atoms with Gasteiger partial charge in [-0.1, -0.05) is 18.2 Å². The van der Waals surface area contributed by atoms with E-state index >= 15 is 0 Å². The van der Waals surface area contributed by atoms with Gasteiger partial charge in [-0.25, -0.2) is 0 Å². The highest BCUT2D eigenvalue weighted by molar-refractivity contribution is 5.76. The Morgan fingerprint density at radius 3 is 2.61 bits per heavy atom. The van der Waals surface area contributed by atoms with E-state index in [0.717, 1.165) is 37.1 Å². The molecule has 1 aromatic rings. The summed E-state index contributed by atoms with van der Waals surface area (Å²) in [6.07, 6.45) is -2.80. The molecule has 0 spiro atoms. The van der Waals surface area contributed by atoms with Crippen LogP contribution in [0, 0.1) is 0 Å². The third-order valence-electron chi connectivity index (χ3n) is 5.85. The number of carbonyl (C=O) groups excluding carboxylic acids is 1. The minimum absolute atomic E-state index is 0.199. The Morgan fingerprint density at radius 2 is 1.89 bits per heavy atom. The zero-order valence-electron chi connectivity index (χ0n) is 16.6. The lowest BCUT2D eigenvalue weighted by Crippen LogP contribution is -2.48. The molecular weight excluding hydrogens is 367 g/mol. The van der Waals surface area contributed by atoms with Crippen LogP contribution in [-0.4, -0.2) is 53.1 Å². The molecule has 7 heteroatoms. The van der Waals surface area contributed by atoms with Gasteiger partial charge >= 0.3 is 6.18 Å². The molecule has 0 saturated carbocycles. The number of carbonyl (C=O) groups is 1. The first-order valence-corrected chi connectivity index (χ1v) is 10.2.